The van der Waals surface area contributed by atoms with E-state index in [9.17, 15) is 45.3 Å². The number of carbonyl (C=O) groups excluding carboxylic acids is 1. The number of aliphatic hydroxyl groups excluding tert-OH is 5. The molecule has 3 aliphatic rings. The van der Waals surface area contributed by atoms with Gasteiger partial charge in [0.15, 0.2) is 17.7 Å². The van der Waals surface area contributed by atoms with Crippen molar-refractivity contribution in [2.75, 3.05) is 13.2 Å². The number of ketones is 1. The first-order valence-corrected chi connectivity index (χ1v) is 8.57. The second-order valence-corrected chi connectivity index (χ2v) is 7.06. The molecule has 0 spiro atoms. The fourth-order valence-electron chi connectivity index (χ4n) is 3.88. The normalized spacial score (nSPS) is 45.9. The Morgan fingerprint density at radius 1 is 1.18 bits per heavy atom. The van der Waals surface area contributed by atoms with Crippen LogP contribution in [0.1, 0.15) is 6.42 Å². The number of ether oxygens (including phenoxy) is 3. The predicted molar refractivity (Wildman–Crippen MR) is 84.1 cm³/mol. The SMILES string of the molecule is O=C(O)C1=CO[C@H](O[C@@H]2O[C@H](CO)[C@@H](O)[C@H](O)[C@H]2O)[C@H]2[C@H]1CC(=O)[C@]2(O)CO. The fraction of sp³-hybridized carbons (Fsp3) is 0.750. The van der Waals surface area contributed by atoms with Crippen LogP contribution in [-0.4, -0.2) is 103 Å². The zero-order chi connectivity index (χ0) is 20.8. The van der Waals surface area contributed by atoms with Gasteiger partial charge in [-0.1, -0.05) is 0 Å². The van der Waals surface area contributed by atoms with Crippen molar-refractivity contribution in [3.63, 3.8) is 0 Å². The van der Waals surface area contributed by atoms with Crippen LogP contribution >= 0.6 is 0 Å². The van der Waals surface area contributed by atoms with Gasteiger partial charge in [-0.25, -0.2) is 4.79 Å². The van der Waals surface area contributed by atoms with E-state index in [-0.39, 0.29) is 12.0 Å². The monoisotopic (exact) mass is 406 g/mol. The molecular weight excluding hydrogens is 384 g/mol. The number of fused-ring (bicyclic) bond motifs is 1. The lowest BCUT2D eigenvalue weighted by molar-refractivity contribution is -0.346. The number of Topliss-reactive ketones (excluding diaryl/α,β-unsaturated/α-hetero) is 1. The van der Waals surface area contributed by atoms with Crippen LogP contribution in [0, 0.1) is 11.8 Å². The molecule has 2 aliphatic heterocycles. The molecule has 3 rings (SSSR count). The lowest BCUT2D eigenvalue weighted by Gasteiger charge is -2.43. The van der Waals surface area contributed by atoms with Crippen molar-refractivity contribution in [3.05, 3.63) is 11.8 Å². The number of hydrogen-bond donors (Lipinski definition) is 7. The Kier molecular flexibility index (Phi) is 5.76. The maximum atomic E-state index is 12.2. The summed E-state index contributed by atoms with van der Waals surface area (Å²) in [6, 6.07) is 0. The first-order valence-electron chi connectivity index (χ1n) is 8.57. The fourth-order valence-corrected chi connectivity index (χ4v) is 3.88. The van der Waals surface area contributed by atoms with E-state index >= 15 is 0 Å². The molecule has 0 aromatic heterocycles. The first-order chi connectivity index (χ1) is 13.2. The summed E-state index contributed by atoms with van der Waals surface area (Å²) in [5.41, 5.74) is -2.64. The highest BCUT2D eigenvalue weighted by Gasteiger charge is 2.62. The van der Waals surface area contributed by atoms with Crippen molar-refractivity contribution in [1.82, 2.24) is 0 Å². The van der Waals surface area contributed by atoms with Gasteiger partial charge in [0.2, 0.25) is 6.29 Å². The van der Waals surface area contributed by atoms with Gasteiger partial charge in [0, 0.05) is 12.3 Å². The number of hydrogen-bond acceptors (Lipinski definition) is 11. The molecule has 158 valence electrons. The molecule has 0 bridgehead atoms. The summed E-state index contributed by atoms with van der Waals surface area (Å²) in [4.78, 5) is 23.6. The third kappa shape index (κ3) is 3.21. The molecular formula is C16H22O12. The van der Waals surface area contributed by atoms with Crippen LogP contribution in [0.2, 0.25) is 0 Å². The number of aliphatic carboxylic acids is 1. The second kappa shape index (κ2) is 7.65. The van der Waals surface area contributed by atoms with Gasteiger partial charge in [0.1, 0.15) is 24.4 Å². The van der Waals surface area contributed by atoms with Crippen LogP contribution in [-0.2, 0) is 23.8 Å². The van der Waals surface area contributed by atoms with E-state index in [0.717, 1.165) is 6.26 Å². The standard InChI is InChI=1S/C16H22O12/c17-2-7-10(20)11(21)12(22)15(27-7)28-14-9-5(6(3-26-14)13(23)24)1-8(19)16(9,25)4-18/h3,5,7,9-12,14-15,17-18,20-22,25H,1-2,4H2,(H,23,24)/t5-,7+,9+,10+,11-,12+,14+,15-,16+/m0/s1. The molecule has 9 atom stereocenters. The number of carbonyl (C=O) groups is 2. The summed E-state index contributed by atoms with van der Waals surface area (Å²) < 4.78 is 15.9. The van der Waals surface area contributed by atoms with Gasteiger partial charge < -0.3 is 50.0 Å². The lowest BCUT2D eigenvalue weighted by atomic mass is 9.80. The maximum Gasteiger partial charge on any atom is 0.334 e. The van der Waals surface area contributed by atoms with E-state index < -0.39 is 79.4 Å². The van der Waals surface area contributed by atoms with Gasteiger partial charge in [-0.2, -0.15) is 0 Å². The number of carboxylic acids is 1. The zero-order valence-corrected chi connectivity index (χ0v) is 14.5. The molecule has 0 aromatic rings. The minimum Gasteiger partial charge on any atom is -0.478 e. The van der Waals surface area contributed by atoms with Gasteiger partial charge in [-0.3, -0.25) is 4.79 Å². The van der Waals surface area contributed by atoms with Crippen molar-refractivity contribution < 1.29 is 59.5 Å². The molecule has 7 N–H and O–H groups in total. The van der Waals surface area contributed by atoms with E-state index in [1.54, 1.807) is 0 Å². The van der Waals surface area contributed by atoms with Crippen LogP contribution in [0.25, 0.3) is 0 Å². The minimum atomic E-state index is -2.35. The van der Waals surface area contributed by atoms with Crippen molar-refractivity contribution in [2.45, 2.75) is 49.0 Å². The minimum absolute atomic E-state index is 0.295. The van der Waals surface area contributed by atoms with Crippen LogP contribution in [0.4, 0.5) is 0 Å². The molecule has 1 saturated carbocycles. The summed E-state index contributed by atoms with van der Waals surface area (Å²) in [6.07, 6.45) is -9.11. The average molecular weight is 406 g/mol. The molecule has 28 heavy (non-hydrogen) atoms. The molecule has 1 aliphatic carbocycles. The number of aliphatic hydroxyl groups is 6. The molecule has 0 unspecified atom stereocenters. The van der Waals surface area contributed by atoms with Gasteiger partial charge in [0.05, 0.1) is 31.0 Å². The lowest BCUT2D eigenvalue weighted by Crippen LogP contribution is -2.61. The summed E-state index contributed by atoms with van der Waals surface area (Å²) >= 11 is 0. The van der Waals surface area contributed by atoms with Crippen LogP contribution < -0.4 is 0 Å². The molecule has 1 saturated heterocycles. The van der Waals surface area contributed by atoms with E-state index in [1.165, 1.54) is 0 Å². The van der Waals surface area contributed by atoms with Gasteiger partial charge in [0.25, 0.3) is 0 Å². The molecule has 0 radical (unpaired) electrons. The van der Waals surface area contributed by atoms with E-state index in [1.807, 2.05) is 0 Å². The van der Waals surface area contributed by atoms with Crippen molar-refractivity contribution in [3.8, 4) is 0 Å². The van der Waals surface area contributed by atoms with Crippen molar-refractivity contribution >= 4 is 11.8 Å². The molecule has 2 fully saturated rings. The molecule has 12 heteroatoms. The van der Waals surface area contributed by atoms with Crippen molar-refractivity contribution in [1.29, 1.82) is 0 Å². The second-order valence-electron chi connectivity index (χ2n) is 7.06. The Bertz CT molecular complexity index is 662. The summed E-state index contributed by atoms with van der Waals surface area (Å²) in [5, 5.41) is 68.4. The highest BCUT2D eigenvalue weighted by Crippen LogP contribution is 2.47. The molecule has 12 nitrogen and oxygen atoms in total. The summed E-state index contributed by atoms with van der Waals surface area (Å²) in [5.74, 6) is -4.56. The Morgan fingerprint density at radius 2 is 1.86 bits per heavy atom. The Morgan fingerprint density at radius 3 is 2.43 bits per heavy atom. The number of carboxylic acid groups (broad SMARTS) is 1. The van der Waals surface area contributed by atoms with Crippen LogP contribution in [0.3, 0.4) is 0 Å². The largest absolute Gasteiger partial charge is 0.478 e. The maximum absolute atomic E-state index is 12.2. The Balaban J connectivity index is 1.89. The predicted octanol–water partition coefficient (Wildman–Crippen LogP) is -3.94. The zero-order valence-electron chi connectivity index (χ0n) is 14.5. The Labute approximate surface area is 158 Å². The first kappa shape index (κ1) is 21.1. The average Bonchev–Trinajstić information content (AvgIpc) is 2.93. The quantitative estimate of drug-likeness (QED) is 0.234. The smallest absolute Gasteiger partial charge is 0.334 e. The van der Waals surface area contributed by atoms with Crippen LogP contribution in [0.5, 0.6) is 0 Å². The third-order valence-corrected chi connectivity index (χ3v) is 5.50. The van der Waals surface area contributed by atoms with E-state index in [4.69, 9.17) is 14.2 Å². The highest BCUT2D eigenvalue weighted by atomic mass is 16.8. The molecule has 0 amide bonds. The highest BCUT2D eigenvalue weighted by molar-refractivity contribution is 5.95. The van der Waals surface area contributed by atoms with Crippen molar-refractivity contribution in [2.24, 2.45) is 11.8 Å². The molecule has 0 aromatic carbocycles. The third-order valence-electron chi connectivity index (χ3n) is 5.50. The topological polar surface area (TPSA) is 203 Å². The van der Waals surface area contributed by atoms with Gasteiger partial charge in [-0.05, 0) is 0 Å². The van der Waals surface area contributed by atoms with E-state index in [0.29, 0.717) is 0 Å². The summed E-state index contributed by atoms with van der Waals surface area (Å²) in [7, 11) is 0. The van der Waals surface area contributed by atoms with Gasteiger partial charge in [-0.15, -0.1) is 0 Å². The number of rotatable bonds is 5. The molecule has 2 heterocycles. The van der Waals surface area contributed by atoms with Gasteiger partial charge >= 0.3 is 5.97 Å². The van der Waals surface area contributed by atoms with E-state index in [2.05, 4.69) is 0 Å². The Hall–Kier alpha value is -1.64. The van der Waals surface area contributed by atoms with Crippen LogP contribution in [0.15, 0.2) is 11.8 Å². The summed E-state index contributed by atoms with van der Waals surface area (Å²) in [6.45, 7) is -1.72.